The third kappa shape index (κ3) is 1.67. The van der Waals surface area contributed by atoms with Gasteiger partial charge in [-0.05, 0) is 12.1 Å². The highest BCUT2D eigenvalue weighted by Gasteiger charge is 2.30. The summed E-state index contributed by atoms with van der Waals surface area (Å²) in [5, 5.41) is 3.39. The first-order valence-electron chi connectivity index (χ1n) is 5.49. The number of nitrogens with one attached hydrogen (secondary N) is 1. The lowest BCUT2D eigenvalue weighted by molar-refractivity contribution is 0.144. The molecule has 0 radical (unpaired) electrons. The van der Waals surface area contributed by atoms with Crippen LogP contribution in [0.3, 0.4) is 0 Å². The molecule has 80 valence electrons. The molecule has 0 spiro atoms. The van der Waals surface area contributed by atoms with Crippen LogP contribution in [0.15, 0.2) is 24.3 Å². The summed E-state index contributed by atoms with van der Waals surface area (Å²) in [5.41, 5.74) is 0. The molecule has 2 aliphatic heterocycles. The van der Waals surface area contributed by atoms with Gasteiger partial charge in [-0.2, -0.15) is 0 Å². The molecule has 3 heteroatoms. The van der Waals surface area contributed by atoms with E-state index in [-0.39, 0.29) is 0 Å². The first kappa shape index (κ1) is 9.04. The van der Waals surface area contributed by atoms with Crippen molar-refractivity contribution in [3.63, 3.8) is 0 Å². The second kappa shape index (κ2) is 3.74. The number of rotatable bonds is 0. The molecule has 1 fully saturated rings. The lowest BCUT2D eigenvalue weighted by Gasteiger charge is -2.24. The summed E-state index contributed by atoms with van der Waals surface area (Å²) in [7, 11) is 0. The van der Waals surface area contributed by atoms with Crippen molar-refractivity contribution in [1.29, 1.82) is 0 Å². The van der Waals surface area contributed by atoms with Crippen LogP contribution >= 0.6 is 0 Å². The molecular weight excluding hydrogens is 190 g/mol. The molecule has 2 heterocycles. The van der Waals surface area contributed by atoms with Crippen LogP contribution in [0.4, 0.5) is 0 Å². The highest BCUT2D eigenvalue weighted by Crippen LogP contribution is 2.31. The predicted molar refractivity (Wildman–Crippen MR) is 57.3 cm³/mol. The van der Waals surface area contributed by atoms with Crippen molar-refractivity contribution in [3.05, 3.63) is 24.3 Å². The zero-order valence-corrected chi connectivity index (χ0v) is 8.61. The van der Waals surface area contributed by atoms with Gasteiger partial charge in [0.2, 0.25) is 0 Å². The van der Waals surface area contributed by atoms with Gasteiger partial charge < -0.3 is 14.8 Å². The summed E-state index contributed by atoms with van der Waals surface area (Å²) >= 11 is 0. The molecule has 0 aromatic heterocycles. The topological polar surface area (TPSA) is 30.5 Å². The molecule has 15 heavy (non-hydrogen) atoms. The maximum atomic E-state index is 5.78. The average Bonchev–Trinajstić information content (AvgIpc) is 2.68. The van der Waals surface area contributed by atoms with Crippen molar-refractivity contribution >= 4 is 0 Å². The van der Waals surface area contributed by atoms with Crippen molar-refractivity contribution in [2.75, 3.05) is 26.3 Å². The van der Waals surface area contributed by atoms with Crippen LogP contribution in [0, 0.1) is 11.8 Å². The zero-order chi connectivity index (χ0) is 10.1. The van der Waals surface area contributed by atoms with Crippen LogP contribution in [-0.2, 0) is 0 Å². The molecule has 1 aromatic rings. The first-order valence-corrected chi connectivity index (χ1v) is 5.49. The maximum Gasteiger partial charge on any atom is 0.161 e. The minimum Gasteiger partial charge on any atom is -0.489 e. The Balaban J connectivity index is 1.84. The number of benzene rings is 1. The van der Waals surface area contributed by atoms with Crippen LogP contribution in [0.1, 0.15) is 0 Å². The fourth-order valence-corrected chi connectivity index (χ4v) is 2.26. The Morgan fingerprint density at radius 1 is 0.933 bits per heavy atom. The summed E-state index contributed by atoms with van der Waals surface area (Å²) in [6.07, 6.45) is 0. The smallest absolute Gasteiger partial charge is 0.161 e. The van der Waals surface area contributed by atoms with Gasteiger partial charge in [0, 0.05) is 24.9 Å². The third-order valence-electron chi connectivity index (χ3n) is 3.23. The summed E-state index contributed by atoms with van der Waals surface area (Å²) in [5.74, 6) is 2.95. The minimum absolute atomic E-state index is 0.596. The van der Waals surface area contributed by atoms with Gasteiger partial charge in [0.15, 0.2) is 11.5 Å². The van der Waals surface area contributed by atoms with Crippen LogP contribution in [0.5, 0.6) is 11.5 Å². The van der Waals surface area contributed by atoms with Crippen molar-refractivity contribution < 1.29 is 9.47 Å². The van der Waals surface area contributed by atoms with E-state index in [9.17, 15) is 0 Å². The normalized spacial score (nSPS) is 29.1. The third-order valence-corrected chi connectivity index (χ3v) is 3.23. The highest BCUT2D eigenvalue weighted by molar-refractivity contribution is 5.39. The molecule has 3 nitrogen and oxygen atoms in total. The van der Waals surface area contributed by atoms with Gasteiger partial charge in [-0.3, -0.25) is 0 Å². The summed E-state index contributed by atoms with van der Waals surface area (Å²) < 4.78 is 11.6. The van der Waals surface area contributed by atoms with Crippen molar-refractivity contribution in [2.45, 2.75) is 0 Å². The molecule has 0 unspecified atom stereocenters. The minimum atomic E-state index is 0.596. The van der Waals surface area contributed by atoms with E-state index in [1.165, 1.54) is 0 Å². The van der Waals surface area contributed by atoms with Crippen molar-refractivity contribution in [1.82, 2.24) is 5.32 Å². The number of fused-ring (bicyclic) bond motifs is 2. The van der Waals surface area contributed by atoms with Crippen molar-refractivity contribution in [3.8, 4) is 11.5 Å². The summed E-state index contributed by atoms with van der Waals surface area (Å²) in [6.45, 7) is 3.71. The summed E-state index contributed by atoms with van der Waals surface area (Å²) in [4.78, 5) is 0. The van der Waals surface area contributed by atoms with Crippen LogP contribution in [0.2, 0.25) is 0 Å². The Morgan fingerprint density at radius 3 is 2.00 bits per heavy atom. The average molecular weight is 205 g/mol. The predicted octanol–water partition coefficient (Wildman–Crippen LogP) is 1.29. The zero-order valence-electron chi connectivity index (χ0n) is 8.61. The Kier molecular flexibility index (Phi) is 2.25. The largest absolute Gasteiger partial charge is 0.489 e. The van der Waals surface area contributed by atoms with Gasteiger partial charge in [0.25, 0.3) is 0 Å². The Morgan fingerprint density at radius 2 is 1.47 bits per heavy atom. The van der Waals surface area contributed by atoms with E-state index in [1.54, 1.807) is 0 Å². The monoisotopic (exact) mass is 205 g/mol. The number of para-hydroxylation sites is 2. The Hall–Kier alpha value is -1.22. The molecule has 2 atom stereocenters. The molecule has 1 aromatic carbocycles. The number of hydrogen-bond acceptors (Lipinski definition) is 3. The van der Waals surface area contributed by atoms with Crippen LogP contribution in [-0.4, -0.2) is 26.3 Å². The highest BCUT2D eigenvalue weighted by atomic mass is 16.5. The fraction of sp³-hybridized carbons (Fsp3) is 0.500. The SMILES string of the molecule is c1ccc2c(c1)OC[C@H]1CNC[C@H]1CO2. The van der Waals surface area contributed by atoms with Gasteiger partial charge in [0.1, 0.15) is 0 Å². The lowest BCUT2D eigenvalue weighted by atomic mass is 9.97. The molecule has 1 saturated heterocycles. The van der Waals surface area contributed by atoms with Gasteiger partial charge in [-0.15, -0.1) is 0 Å². The maximum absolute atomic E-state index is 5.78. The summed E-state index contributed by atoms with van der Waals surface area (Å²) in [6, 6.07) is 7.90. The quantitative estimate of drug-likeness (QED) is 0.692. The lowest BCUT2D eigenvalue weighted by Crippen LogP contribution is -2.27. The fourth-order valence-electron chi connectivity index (χ4n) is 2.26. The number of hydrogen-bond donors (Lipinski definition) is 1. The van der Waals surface area contributed by atoms with E-state index >= 15 is 0 Å². The standard InChI is InChI=1S/C12H15NO2/c1-2-4-12-11(3-1)14-7-9-5-13-6-10(9)8-15-12/h1-4,9-10,13H,5-8H2/t9-,10+. The molecule has 2 aliphatic rings. The van der Waals surface area contributed by atoms with Crippen LogP contribution < -0.4 is 14.8 Å². The second-order valence-corrected chi connectivity index (χ2v) is 4.25. The van der Waals surface area contributed by atoms with Crippen molar-refractivity contribution in [2.24, 2.45) is 11.8 Å². The van der Waals surface area contributed by atoms with Gasteiger partial charge in [-0.25, -0.2) is 0 Å². The second-order valence-electron chi connectivity index (χ2n) is 4.25. The Bertz CT molecular complexity index is 320. The first-order chi connectivity index (χ1) is 7.43. The van der Waals surface area contributed by atoms with E-state index in [0.29, 0.717) is 11.8 Å². The van der Waals surface area contributed by atoms with Gasteiger partial charge in [0.05, 0.1) is 13.2 Å². The molecule has 0 aliphatic carbocycles. The van der Waals surface area contributed by atoms with E-state index in [4.69, 9.17) is 9.47 Å². The van der Waals surface area contributed by atoms with E-state index in [2.05, 4.69) is 5.32 Å². The molecule has 0 saturated carbocycles. The Labute approximate surface area is 89.4 Å². The van der Waals surface area contributed by atoms with Crippen LogP contribution in [0.25, 0.3) is 0 Å². The van der Waals surface area contributed by atoms with E-state index in [0.717, 1.165) is 37.8 Å². The van der Waals surface area contributed by atoms with E-state index in [1.807, 2.05) is 24.3 Å². The molecule has 3 rings (SSSR count). The molecule has 1 N–H and O–H groups in total. The molecule has 0 bridgehead atoms. The van der Waals surface area contributed by atoms with E-state index < -0.39 is 0 Å². The number of ether oxygens (including phenoxy) is 2. The van der Waals surface area contributed by atoms with Gasteiger partial charge in [-0.1, -0.05) is 12.1 Å². The molecular formula is C12H15NO2. The molecule has 0 amide bonds. The van der Waals surface area contributed by atoms with Gasteiger partial charge >= 0.3 is 0 Å².